The van der Waals surface area contributed by atoms with Gasteiger partial charge in [0.25, 0.3) is 0 Å². The lowest BCUT2D eigenvalue weighted by Crippen LogP contribution is -2.03. The fourth-order valence-corrected chi connectivity index (χ4v) is 1.21. The largest absolute Gasteiger partial charge is 0.393 e. The Morgan fingerprint density at radius 3 is 2.36 bits per heavy atom. The molecule has 1 rings (SSSR count). The van der Waals surface area contributed by atoms with Crippen LogP contribution in [0, 0.1) is 0 Å². The Kier molecular flexibility index (Phi) is 3.99. The minimum Gasteiger partial charge on any atom is -0.393 e. The highest BCUT2D eigenvalue weighted by atomic mass is 16.3. The molecule has 1 aliphatic rings. The van der Waals surface area contributed by atoms with Crippen LogP contribution in [0.5, 0.6) is 0 Å². The highest BCUT2D eigenvalue weighted by Gasteiger charge is 1.99. The number of allylic oxidation sites excluding steroid dienone is 3. The zero-order chi connectivity index (χ0) is 7.94. The van der Waals surface area contributed by atoms with Crippen molar-refractivity contribution in [2.45, 2.75) is 38.2 Å². The van der Waals surface area contributed by atoms with Gasteiger partial charge in [-0.1, -0.05) is 24.3 Å². The van der Waals surface area contributed by atoms with Gasteiger partial charge in [0.2, 0.25) is 0 Å². The highest BCUT2D eigenvalue weighted by Crippen LogP contribution is 2.07. The third-order valence-electron chi connectivity index (χ3n) is 1.91. The average Bonchev–Trinajstić information content (AvgIpc) is 2.03. The first-order valence-electron chi connectivity index (χ1n) is 4.37. The Hall–Kier alpha value is -0.560. The molecule has 1 unspecified atom stereocenters. The Morgan fingerprint density at radius 2 is 1.55 bits per heavy atom. The number of aliphatic hydroxyl groups excluding tert-OH is 1. The van der Waals surface area contributed by atoms with Crippen LogP contribution < -0.4 is 0 Å². The monoisotopic (exact) mass is 152 g/mol. The molecule has 1 atom stereocenters. The van der Waals surface area contributed by atoms with E-state index in [4.69, 9.17) is 0 Å². The molecule has 0 aromatic rings. The SMILES string of the molecule is OC1C/C=C\CC/C=C/CC1. The second-order valence-corrected chi connectivity index (χ2v) is 2.99. The first kappa shape index (κ1) is 8.54. The fourth-order valence-electron chi connectivity index (χ4n) is 1.21. The van der Waals surface area contributed by atoms with Crippen LogP contribution in [0.3, 0.4) is 0 Å². The minimum atomic E-state index is -0.131. The molecule has 0 bridgehead atoms. The van der Waals surface area contributed by atoms with E-state index in [0.717, 1.165) is 32.1 Å². The number of aliphatic hydroxyl groups is 1. The summed E-state index contributed by atoms with van der Waals surface area (Å²) in [6, 6.07) is 0. The average molecular weight is 152 g/mol. The van der Waals surface area contributed by atoms with Crippen molar-refractivity contribution in [3.8, 4) is 0 Å². The number of hydrogen-bond donors (Lipinski definition) is 1. The summed E-state index contributed by atoms with van der Waals surface area (Å²) in [5.74, 6) is 0. The Balaban J connectivity index is 2.34. The van der Waals surface area contributed by atoms with Crippen molar-refractivity contribution in [3.05, 3.63) is 24.3 Å². The maximum atomic E-state index is 9.35. The molecule has 11 heavy (non-hydrogen) atoms. The van der Waals surface area contributed by atoms with Gasteiger partial charge < -0.3 is 5.11 Å². The summed E-state index contributed by atoms with van der Waals surface area (Å²) in [4.78, 5) is 0. The molecule has 0 aliphatic heterocycles. The minimum absolute atomic E-state index is 0.131. The molecule has 1 heteroatoms. The van der Waals surface area contributed by atoms with E-state index in [-0.39, 0.29) is 6.10 Å². The second kappa shape index (κ2) is 5.14. The maximum Gasteiger partial charge on any atom is 0.0577 e. The molecular weight excluding hydrogens is 136 g/mol. The third kappa shape index (κ3) is 3.99. The molecule has 0 fully saturated rings. The van der Waals surface area contributed by atoms with Crippen LogP contribution in [-0.2, 0) is 0 Å². The van der Waals surface area contributed by atoms with E-state index in [1.807, 2.05) is 0 Å². The summed E-state index contributed by atoms with van der Waals surface area (Å²) < 4.78 is 0. The third-order valence-corrected chi connectivity index (χ3v) is 1.91. The van der Waals surface area contributed by atoms with E-state index in [0.29, 0.717) is 0 Å². The molecule has 0 saturated carbocycles. The molecule has 1 aliphatic carbocycles. The van der Waals surface area contributed by atoms with Gasteiger partial charge in [-0.25, -0.2) is 0 Å². The molecule has 1 N–H and O–H groups in total. The summed E-state index contributed by atoms with van der Waals surface area (Å²) in [5.41, 5.74) is 0. The molecule has 62 valence electrons. The number of hydrogen-bond acceptors (Lipinski definition) is 1. The Bertz CT molecular complexity index is 147. The smallest absolute Gasteiger partial charge is 0.0577 e. The standard InChI is InChI=1S/C10H16O/c11-10-8-6-4-2-1-3-5-7-9-10/h2,4-5,7,10-11H,1,3,6,8-9H2/b4-2+,7-5-. The molecule has 0 heterocycles. The fraction of sp³-hybridized carbons (Fsp3) is 0.600. The van der Waals surface area contributed by atoms with Crippen LogP contribution in [-0.4, -0.2) is 11.2 Å². The molecule has 0 aromatic heterocycles. The van der Waals surface area contributed by atoms with Crippen molar-refractivity contribution in [1.82, 2.24) is 0 Å². The molecule has 1 nitrogen and oxygen atoms in total. The van der Waals surface area contributed by atoms with Gasteiger partial charge in [-0.15, -0.1) is 0 Å². The van der Waals surface area contributed by atoms with Crippen LogP contribution in [0.25, 0.3) is 0 Å². The molecular formula is C10H16O. The lowest BCUT2D eigenvalue weighted by molar-refractivity contribution is 0.169. The van der Waals surface area contributed by atoms with E-state index >= 15 is 0 Å². The lowest BCUT2D eigenvalue weighted by atomic mass is 10.1. The van der Waals surface area contributed by atoms with Gasteiger partial charge >= 0.3 is 0 Å². The normalized spacial score (nSPS) is 32.6. The van der Waals surface area contributed by atoms with E-state index in [1.165, 1.54) is 0 Å². The van der Waals surface area contributed by atoms with Gasteiger partial charge in [0.05, 0.1) is 6.10 Å². The zero-order valence-corrected chi connectivity index (χ0v) is 6.87. The van der Waals surface area contributed by atoms with Crippen LogP contribution in [0.15, 0.2) is 24.3 Å². The van der Waals surface area contributed by atoms with Gasteiger partial charge in [-0.05, 0) is 32.1 Å². The number of rotatable bonds is 0. The van der Waals surface area contributed by atoms with Gasteiger partial charge in [-0.2, -0.15) is 0 Å². The molecule has 0 radical (unpaired) electrons. The predicted octanol–water partition coefficient (Wildman–Crippen LogP) is 2.42. The Morgan fingerprint density at radius 1 is 0.909 bits per heavy atom. The quantitative estimate of drug-likeness (QED) is 0.528. The van der Waals surface area contributed by atoms with Gasteiger partial charge in [0, 0.05) is 0 Å². The van der Waals surface area contributed by atoms with Crippen LogP contribution in [0.1, 0.15) is 32.1 Å². The van der Waals surface area contributed by atoms with Crippen molar-refractivity contribution in [2.24, 2.45) is 0 Å². The van der Waals surface area contributed by atoms with E-state index in [1.54, 1.807) is 0 Å². The van der Waals surface area contributed by atoms with E-state index in [2.05, 4.69) is 24.3 Å². The van der Waals surface area contributed by atoms with Crippen LogP contribution in [0.2, 0.25) is 0 Å². The summed E-state index contributed by atoms with van der Waals surface area (Å²) >= 11 is 0. The van der Waals surface area contributed by atoms with Gasteiger partial charge in [0.1, 0.15) is 0 Å². The first-order valence-corrected chi connectivity index (χ1v) is 4.37. The molecule has 0 saturated heterocycles. The van der Waals surface area contributed by atoms with E-state index in [9.17, 15) is 5.11 Å². The van der Waals surface area contributed by atoms with Crippen molar-refractivity contribution in [1.29, 1.82) is 0 Å². The summed E-state index contributed by atoms with van der Waals surface area (Å²) in [6.07, 6.45) is 13.5. The van der Waals surface area contributed by atoms with Crippen molar-refractivity contribution in [2.75, 3.05) is 0 Å². The van der Waals surface area contributed by atoms with Crippen LogP contribution >= 0.6 is 0 Å². The van der Waals surface area contributed by atoms with Crippen molar-refractivity contribution < 1.29 is 5.11 Å². The van der Waals surface area contributed by atoms with Crippen molar-refractivity contribution in [3.63, 3.8) is 0 Å². The van der Waals surface area contributed by atoms with Gasteiger partial charge in [0.15, 0.2) is 0 Å². The summed E-state index contributed by atoms with van der Waals surface area (Å²) in [6.45, 7) is 0. The summed E-state index contributed by atoms with van der Waals surface area (Å²) in [7, 11) is 0. The summed E-state index contributed by atoms with van der Waals surface area (Å²) in [5, 5.41) is 9.35. The van der Waals surface area contributed by atoms with E-state index < -0.39 is 0 Å². The van der Waals surface area contributed by atoms with Crippen LogP contribution in [0.4, 0.5) is 0 Å². The first-order chi connectivity index (χ1) is 5.39. The Labute approximate surface area is 68.4 Å². The molecule has 0 amide bonds. The molecule has 0 spiro atoms. The maximum absolute atomic E-state index is 9.35. The predicted molar refractivity (Wildman–Crippen MR) is 47.4 cm³/mol. The van der Waals surface area contributed by atoms with Crippen molar-refractivity contribution >= 4 is 0 Å². The topological polar surface area (TPSA) is 20.2 Å². The van der Waals surface area contributed by atoms with Gasteiger partial charge in [-0.3, -0.25) is 0 Å². The lowest BCUT2D eigenvalue weighted by Gasteiger charge is -2.05. The zero-order valence-electron chi connectivity index (χ0n) is 6.87. The molecule has 0 aromatic carbocycles. The second-order valence-electron chi connectivity index (χ2n) is 2.99. The highest BCUT2D eigenvalue weighted by molar-refractivity contribution is 4.91.